The smallest absolute Gasteiger partial charge is 0.345 e. The van der Waals surface area contributed by atoms with E-state index in [0.717, 1.165) is 4.90 Å². The van der Waals surface area contributed by atoms with Crippen LogP contribution in [0.5, 0.6) is 0 Å². The van der Waals surface area contributed by atoms with Gasteiger partial charge >= 0.3 is 6.18 Å². The molecule has 1 aliphatic rings. The maximum atomic E-state index is 12.5. The molecule has 1 fully saturated rings. The molecule has 1 aromatic carbocycles. The van der Waals surface area contributed by atoms with Crippen molar-refractivity contribution < 1.29 is 22.8 Å². The molecule has 0 aromatic heterocycles. The van der Waals surface area contributed by atoms with Crippen molar-refractivity contribution in [1.82, 2.24) is 9.80 Å². The van der Waals surface area contributed by atoms with E-state index in [9.17, 15) is 22.8 Å². The van der Waals surface area contributed by atoms with Gasteiger partial charge in [-0.2, -0.15) is 13.2 Å². The fourth-order valence-corrected chi connectivity index (χ4v) is 2.98. The fraction of sp³-hybridized carbons (Fsp3) is 0.529. The molecule has 1 heterocycles. The Hall–Kier alpha value is -1.76. The number of halogens is 4. The van der Waals surface area contributed by atoms with Crippen LogP contribution in [0.25, 0.3) is 0 Å². The average molecular weight is 377 g/mol. The Kier molecular flexibility index (Phi) is 6.32. The van der Waals surface area contributed by atoms with E-state index in [1.54, 1.807) is 29.2 Å². The second-order valence-corrected chi connectivity index (χ2v) is 6.66. The van der Waals surface area contributed by atoms with Gasteiger partial charge in [-0.3, -0.25) is 9.59 Å². The molecule has 2 amide bonds. The summed E-state index contributed by atoms with van der Waals surface area (Å²) in [6.07, 6.45) is -4.12. The average Bonchev–Trinajstić information content (AvgIpc) is 2.58. The first-order valence-corrected chi connectivity index (χ1v) is 8.42. The molecule has 2 rings (SSSR count). The summed E-state index contributed by atoms with van der Waals surface area (Å²) in [6.45, 7) is 0.373. The number of likely N-dealkylation sites (tertiary alicyclic amines) is 1. The SMILES string of the molecule is CN(CCC(F)(F)F)C(=O)C1CCCN(C(=O)c2ccc(Cl)cc2)C1. The number of carbonyl (C=O) groups excluding carboxylic acids is 2. The largest absolute Gasteiger partial charge is 0.390 e. The van der Waals surface area contributed by atoms with Crippen molar-refractivity contribution in [3.05, 3.63) is 34.9 Å². The predicted molar refractivity (Wildman–Crippen MR) is 88.4 cm³/mol. The zero-order valence-corrected chi connectivity index (χ0v) is 14.6. The number of hydrogen-bond donors (Lipinski definition) is 0. The number of nitrogens with zero attached hydrogens (tertiary/aromatic N) is 2. The minimum absolute atomic E-state index is 0.202. The highest BCUT2D eigenvalue weighted by atomic mass is 35.5. The Labute approximate surface area is 149 Å². The van der Waals surface area contributed by atoms with Crippen LogP contribution in [0.3, 0.4) is 0 Å². The van der Waals surface area contributed by atoms with Crippen molar-refractivity contribution in [3.63, 3.8) is 0 Å². The third-order valence-electron chi connectivity index (χ3n) is 4.26. The summed E-state index contributed by atoms with van der Waals surface area (Å²) in [5.74, 6) is -1.02. The molecule has 0 spiro atoms. The summed E-state index contributed by atoms with van der Waals surface area (Å²) >= 11 is 5.81. The van der Waals surface area contributed by atoms with Gasteiger partial charge in [-0.15, -0.1) is 0 Å². The summed E-state index contributed by atoms with van der Waals surface area (Å²) < 4.78 is 36.9. The Morgan fingerprint density at radius 3 is 2.52 bits per heavy atom. The highest BCUT2D eigenvalue weighted by Crippen LogP contribution is 2.23. The van der Waals surface area contributed by atoms with E-state index in [0.29, 0.717) is 30.0 Å². The second-order valence-electron chi connectivity index (χ2n) is 6.22. The van der Waals surface area contributed by atoms with Gasteiger partial charge in [-0.1, -0.05) is 11.6 Å². The van der Waals surface area contributed by atoms with E-state index in [1.807, 2.05) is 0 Å². The maximum Gasteiger partial charge on any atom is 0.390 e. The Balaban J connectivity index is 1.96. The molecular formula is C17H20ClF3N2O2. The van der Waals surface area contributed by atoms with E-state index in [4.69, 9.17) is 11.6 Å². The molecule has 1 saturated heterocycles. The zero-order valence-electron chi connectivity index (χ0n) is 13.9. The van der Waals surface area contributed by atoms with Gasteiger partial charge in [0, 0.05) is 37.3 Å². The summed E-state index contributed by atoms with van der Waals surface area (Å²) in [5.41, 5.74) is 0.475. The van der Waals surface area contributed by atoms with Crippen LogP contribution in [-0.4, -0.2) is 54.5 Å². The number of benzene rings is 1. The van der Waals surface area contributed by atoms with Crippen molar-refractivity contribution in [1.29, 1.82) is 0 Å². The minimum atomic E-state index is -4.29. The first-order chi connectivity index (χ1) is 11.7. The van der Waals surface area contributed by atoms with Crippen LogP contribution in [-0.2, 0) is 4.79 Å². The quantitative estimate of drug-likeness (QED) is 0.805. The lowest BCUT2D eigenvalue weighted by molar-refractivity contribution is -0.146. The number of piperidine rings is 1. The second kappa shape index (κ2) is 8.08. The number of alkyl halides is 3. The Morgan fingerprint density at radius 1 is 1.28 bits per heavy atom. The first kappa shape index (κ1) is 19.6. The lowest BCUT2D eigenvalue weighted by Crippen LogP contribution is -2.46. The molecule has 1 unspecified atom stereocenters. The number of amides is 2. The van der Waals surface area contributed by atoms with Gasteiger partial charge in [0.2, 0.25) is 5.91 Å². The van der Waals surface area contributed by atoms with Crippen LogP contribution in [0.4, 0.5) is 13.2 Å². The van der Waals surface area contributed by atoms with Crippen molar-refractivity contribution in [2.24, 2.45) is 5.92 Å². The Bertz CT molecular complexity index is 619. The zero-order chi connectivity index (χ0) is 18.6. The third-order valence-corrected chi connectivity index (χ3v) is 4.51. The summed E-state index contributed by atoms with van der Waals surface area (Å²) in [6, 6.07) is 6.47. The van der Waals surface area contributed by atoms with Gasteiger partial charge in [-0.05, 0) is 37.1 Å². The highest BCUT2D eigenvalue weighted by Gasteiger charge is 2.33. The van der Waals surface area contributed by atoms with Crippen LogP contribution < -0.4 is 0 Å². The van der Waals surface area contributed by atoms with Crippen molar-refractivity contribution in [3.8, 4) is 0 Å². The molecule has 25 heavy (non-hydrogen) atoms. The standard InChI is InChI=1S/C17H20ClF3N2O2/c1-22(10-8-17(19,20)21)15(24)13-3-2-9-23(11-13)16(25)12-4-6-14(18)7-5-12/h4-7,13H,2-3,8-11H2,1H3. The molecule has 0 saturated carbocycles. The maximum absolute atomic E-state index is 12.5. The molecule has 0 N–H and O–H groups in total. The number of carbonyl (C=O) groups is 2. The normalized spacial score (nSPS) is 18.1. The minimum Gasteiger partial charge on any atom is -0.345 e. The van der Waals surface area contributed by atoms with Gasteiger partial charge in [0.25, 0.3) is 5.91 Å². The lowest BCUT2D eigenvalue weighted by atomic mass is 9.96. The molecule has 0 radical (unpaired) electrons. The summed E-state index contributed by atoms with van der Waals surface area (Å²) in [7, 11) is 1.37. The monoisotopic (exact) mass is 376 g/mol. The predicted octanol–water partition coefficient (Wildman–Crippen LogP) is 3.60. The van der Waals surface area contributed by atoms with Crippen molar-refractivity contribution in [2.75, 3.05) is 26.7 Å². The Morgan fingerprint density at radius 2 is 1.92 bits per heavy atom. The fourth-order valence-electron chi connectivity index (χ4n) is 2.85. The molecule has 1 atom stereocenters. The van der Waals surface area contributed by atoms with E-state index in [-0.39, 0.29) is 24.9 Å². The van der Waals surface area contributed by atoms with Crippen molar-refractivity contribution in [2.45, 2.75) is 25.4 Å². The van der Waals surface area contributed by atoms with E-state index < -0.39 is 18.5 Å². The first-order valence-electron chi connectivity index (χ1n) is 8.04. The lowest BCUT2D eigenvalue weighted by Gasteiger charge is -2.34. The van der Waals surface area contributed by atoms with E-state index in [1.165, 1.54) is 7.05 Å². The van der Waals surface area contributed by atoms with Crippen molar-refractivity contribution >= 4 is 23.4 Å². The molecule has 0 aliphatic carbocycles. The van der Waals surface area contributed by atoms with Gasteiger partial charge in [0.15, 0.2) is 0 Å². The van der Waals surface area contributed by atoms with Crippen LogP contribution in [0.15, 0.2) is 24.3 Å². The van der Waals surface area contributed by atoms with Gasteiger partial charge in [-0.25, -0.2) is 0 Å². The number of rotatable bonds is 4. The topological polar surface area (TPSA) is 40.6 Å². The van der Waals surface area contributed by atoms with E-state index >= 15 is 0 Å². The molecule has 8 heteroatoms. The van der Waals surface area contributed by atoms with Crippen LogP contribution in [0.1, 0.15) is 29.6 Å². The van der Waals surface area contributed by atoms with Gasteiger partial charge in [0.1, 0.15) is 0 Å². The summed E-state index contributed by atoms with van der Waals surface area (Å²) in [5, 5.41) is 0.523. The van der Waals surface area contributed by atoms with Crippen LogP contribution in [0, 0.1) is 5.92 Å². The molecule has 138 valence electrons. The molecule has 1 aliphatic heterocycles. The summed E-state index contributed by atoms with van der Waals surface area (Å²) in [4.78, 5) is 27.6. The number of hydrogen-bond acceptors (Lipinski definition) is 2. The van der Waals surface area contributed by atoms with Gasteiger partial charge in [0.05, 0.1) is 12.3 Å². The molecule has 1 aromatic rings. The van der Waals surface area contributed by atoms with Gasteiger partial charge < -0.3 is 9.80 Å². The molecule has 4 nitrogen and oxygen atoms in total. The molecule has 0 bridgehead atoms. The third kappa shape index (κ3) is 5.63. The van der Waals surface area contributed by atoms with Crippen LogP contribution in [0.2, 0.25) is 5.02 Å². The molecular weight excluding hydrogens is 357 g/mol. The highest BCUT2D eigenvalue weighted by molar-refractivity contribution is 6.30. The van der Waals surface area contributed by atoms with E-state index in [2.05, 4.69) is 0 Å². The van der Waals surface area contributed by atoms with Crippen LogP contribution >= 0.6 is 11.6 Å².